The molecule has 3 rings (SSSR count). The smallest absolute Gasteiger partial charge is 0.272 e. The van der Waals surface area contributed by atoms with Crippen molar-refractivity contribution >= 4 is 16.8 Å². The quantitative estimate of drug-likeness (QED) is 0.871. The minimum atomic E-state index is -0.0212. The van der Waals surface area contributed by atoms with Gasteiger partial charge < -0.3 is 14.4 Å². The van der Waals surface area contributed by atoms with Gasteiger partial charge in [-0.25, -0.2) is 4.98 Å². The van der Waals surface area contributed by atoms with Gasteiger partial charge in [0.1, 0.15) is 11.4 Å². The summed E-state index contributed by atoms with van der Waals surface area (Å²) in [6, 6.07) is 9.36. The van der Waals surface area contributed by atoms with Crippen LogP contribution in [-0.2, 0) is 4.74 Å². The standard InChI is InChI=1S/C18H22N2O3/c1-3-23-15-5-4-10-20(12-15)18(21)17-8-6-13-11-14(22-2)7-9-16(13)19-17/h6-9,11,15H,3-5,10,12H2,1-2H3/t15-/m0/s1. The van der Waals surface area contributed by atoms with Gasteiger partial charge in [-0.05, 0) is 44.0 Å². The van der Waals surface area contributed by atoms with E-state index in [1.807, 2.05) is 36.1 Å². The van der Waals surface area contributed by atoms with E-state index in [-0.39, 0.29) is 12.0 Å². The second-order valence-corrected chi connectivity index (χ2v) is 5.73. The summed E-state index contributed by atoms with van der Waals surface area (Å²) >= 11 is 0. The van der Waals surface area contributed by atoms with Crippen LogP contribution in [0, 0.1) is 0 Å². The number of likely N-dealkylation sites (tertiary alicyclic amines) is 1. The van der Waals surface area contributed by atoms with E-state index < -0.39 is 0 Å². The van der Waals surface area contributed by atoms with Crippen LogP contribution < -0.4 is 4.74 Å². The molecule has 122 valence electrons. The van der Waals surface area contributed by atoms with Crippen molar-refractivity contribution in [3.63, 3.8) is 0 Å². The molecule has 1 aliphatic heterocycles. The second kappa shape index (κ2) is 6.96. The molecule has 1 saturated heterocycles. The summed E-state index contributed by atoms with van der Waals surface area (Å²) in [7, 11) is 1.64. The maximum Gasteiger partial charge on any atom is 0.272 e. The fourth-order valence-corrected chi connectivity index (χ4v) is 3.01. The topological polar surface area (TPSA) is 51.7 Å². The molecule has 5 heteroatoms. The lowest BCUT2D eigenvalue weighted by atomic mass is 10.1. The average molecular weight is 314 g/mol. The van der Waals surface area contributed by atoms with Gasteiger partial charge in [0.25, 0.3) is 5.91 Å². The number of pyridine rings is 1. The molecular weight excluding hydrogens is 292 g/mol. The number of amides is 1. The van der Waals surface area contributed by atoms with Crippen molar-refractivity contribution in [3.8, 4) is 5.75 Å². The highest BCUT2D eigenvalue weighted by atomic mass is 16.5. The minimum Gasteiger partial charge on any atom is -0.497 e. The Labute approximate surface area is 136 Å². The molecule has 5 nitrogen and oxygen atoms in total. The molecule has 23 heavy (non-hydrogen) atoms. The monoisotopic (exact) mass is 314 g/mol. The fraction of sp³-hybridized carbons (Fsp3) is 0.444. The zero-order valence-corrected chi connectivity index (χ0v) is 13.6. The van der Waals surface area contributed by atoms with Crippen LogP contribution in [0.3, 0.4) is 0 Å². The highest BCUT2D eigenvalue weighted by molar-refractivity contribution is 5.95. The molecule has 0 N–H and O–H groups in total. The van der Waals surface area contributed by atoms with E-state index in [0.717, 1.165) is 36.0 Å². The Kier molecular flexibility index (Phi) is 4.76. The van der Waals surface area contributed by atoms with Crippen molar-refractivity contribution in [1.82, 2.24) is 9.88 Å². The second-order valence-electron chi connectivity index (χ2n) is 5.73. The van der Waals surface area contributed by atoms with Crippen LogP contribution in [0.1, 0.15) is 30.3 Å². The highest BCUT2D eigenvalue weighted by Crippen LogP contribution is 2.21. The number of piperidine rings is 1. The number of fused-ring (bicyclic) bond motifs is 1. The van der Waals surface area contributed by atoms with E-state index in [0.29, 0.717) is 18.8 Å². The summed E-state index contributed by atoms with van der Waals surface area (Å²) in [5, 5.41) is 0.965. The van der Waals surface area contributed by atoms with Crippen LogP contribution in [0.15, 0.2) is 30.3 Å². The molecule has 0 bridgehead atoms. The Balaban J connectivity index is 1.80. The molecule has 1 aromatic carbocycles. The molecule has 2 aromatic rings. The SMILES string of the molecule is CCO[C@H]1CCCN(C(=O)c2ccc3cc(OC)ccc3n2)C1. The van der Waals surface area contributed by atoms with E-state index in [1.165, 1.54) is 0 Å². The van der Waals surface area contributed by atoms with Crippen molar-refractivity contribution < 1.29 is 14.3 Å². The predicted molar refractivity (Wildman–Crippen MR) is 88.8 cm³/mol. The van der Waals surface area contributed by atoms with E-state index in [2.05, 4.69) is 4.98 Å². The van der Waals surface area contributed by atoms with Gasteiger partial charge in [0, 0.05) is 25.1 Å². The first-order chi connectivity index (χ1) is 11.2. The maximum absolute atomic E-state index is 12.7. The van der Waals surface area contributed by atoms with Crippen molar-refractivity contribution in [2.45, 2.75) is 25.9 Å². The number of carbonyl (C=O) groups is 1. The first-order valence-corrected chi connectivity index (χ1v) is 8.07. The third-order valence-corrected chi connectivity index (χ3v) is 4.18. The molecule has 0 unspecified atom stereocenters. The summed E-state index contributed by atoms with van der Waals surface area (Å²) in [5.41, 5.74) is 1.29. The van der Waals surface area contributed by atoms with Gasteiger partial charge in [-0.15, -0.1) is 0 Å². The Hall–Kier alpha value is -2.14. The Morgan fingerprint density at radius 1 is 1.35 bits per heavy atom. The van der Waals surface area contributed by atoms with E-state index in [1.54, 1.807) is 13.2 Å². The summed E-state index contributed by atoms with van der Waals surface area (Å²) in [6.07, 6.45) is 2.13. The molecule has 1 aliphatic rings. The van der Waals surface area contributed by atoms with Gasteiger partial charge >= 0.3 is 0 Å². The molecule has 1 atom stereocenters. The molecule has 1 fully saturated rings. The third-order valence-electron chi connectivity index (χ3n) is 4.18. The zero-order chi connectivity index (χ0) is 16.2. The van der Waals surface area contributed by atoms with E-state index >= 15 is 0 Å². The molecule has 0 spiro atoms. The molecule has 0 radical (unpaired) electrons. The number of hydrogen-bond donors (Lipinski definition) is 0. The lowest BCUT2D eigenvalue weighted by Crippen LogP contribution is -2.43. The average Bonchev–Trinajstić information content (AvgIpc) is 2.60. The third kappa shape index (κ3) is 3.45. The number of carbonyl (C=O) groups excluding carboxylic acids is 1. The van der Waals surface area contributed by atoms with Gasteiger partial charge in [0.15, 0.2) is 0 Å². The first kappa shape index (κ1) is 15.7. The number of methoxy groups -OCH3 is 1. The Morgan fingerprint density at radius 2 is 2.22 bits per heavy atom. The van der Waals surface area contributed by atoms with Crippen molar-refractivity contribution in [2.24, 2.45) is 0 Å². The van der Waals surface area contributed by atoms with Crippen LogP contribution in [0.4, 0.5) is 0 Å². The minimum absolute atomic E-state index is 0.0212. The lowest BCUT2D eigenvalue weighted by Gasteiger charge is -2.32. The molecule has 0 saturated carbocycles. The predicted octanol–water partition coefficient (Wildman–Crippen LogP) is 2.88. The van der Waals surface area contributed by atoms with Gasteiger partial charge in [-0.2, -0.15) is 0 Å². The number of hydrogen-bond acceptors (Lipinski definition) is 4. The van der Waals surface area contributed by atoms with Gasteiger partial charge in [0.2, 0.25) is 0 Å². The molecule has 1 aromatic heterocycles. The van der Waals surface area contributed by atoms with Crippen LogP contribution in [0.25, 0.3) is 10.9 Å². The summed E-state index contributed by atoms with van der Waals surface area (Å²) in [4.78, 5) is 19.1. The lowest BCUT2D eigenvalue weighted by molar-refractivity contribution is 0.00705. The van der Waals surface area contributed by atoms with E-state index in [4.69, 9.17) is 9.47 Å². The fourth-order valence-electron chi connectivity index (χ4n) is 3.01. The van der Waals surface area contributed by atoms with Crippen LogP contribution in [0.2, 0.25) is 0 Å². The van der Waals surface area contributed by atoms with Crippen LogP contribution in [-0.4, -0.2) is 48.7 Å². The Morgan fingerprint density at radius 3 is 3.00 bits per heavy atom. The molecule has 0 aliphatic carbocycles. The zero-order valence-electron chi connectivity index (χ0n) is 13.6. The summed E-state index contributed by atoms with van der Waals surface area (Å²) in [5.74, 6) is 0.765. The largest absolute Gasteiger partial charge is 0.497 e. The number of benzene rings is 1. The van der Waals surface area contributed by atoms with Crippen molar-refractivity contribution in [3.05, 3.63) is 36.0 Å². The highest BCUT2D eigenvalue weighted by Gasteiger charge is 2.25. The van der Waals surface area contributed by atoms with Crippen LogP contribution >= 0.6 is 0 Å². The van der Waals surface area contributed by atoms with Gasteiger partial charge in [0.05, 0.1) is 18.7 Å². The first-order valence-electron chi connectivity index (χ1n) is 8.07. The molecule has 1 amide bonds. The Bertz CT molecular complexity index is 700. The van der Waals surface area contributed by atoms with Gasteiger partial charge in [-0.3, -0.25) is 4.79 Å². The number of ether oxygens (including phenoxy) is 2. The summed E-state index contributed by atoms with van der Waals surface area (Å²) in [6.45, 7) is 4.09. The van der Waals surface area contributed by atoms with Crippen LogP contribution in [0.5, 0.6) is 5.75 Å². The van der Waals surface area contributed by atoms with Crippen molar-refractivity contribution in [1.29, 1.82) is 0 Å². The molecule has 2 heterocycles. The normalized spacial score (nSPS) is 18.2. The van der Waals surface area contributed by atoms with Crippen molar-refractivity contribution in [2.75, 3.05) is 26.8 Å². The maximum atomic E-state index is 12.7. The van der Waals surface area contributed by atoms with E-state index in [9.17, 15) is 4.79 Å². The number of nitrogens with zero attached hydrogens (tertiary/aromatic N) is 2. The summed E-state index contributed by atoms with van der Waals surface area (Å²) < 4.78 is 10.9. The number of aromatic nitrogens is 1. The van der Waals surface area contributed by atoms with Gasteiger partial charge in [-0.1, -0.05) is 6.07 Å². The number of rotatable bonds is 4. The molecular formula is C18H22N2O3.